The largest absolute Gasteiger partial charge is 0.416 e. The molecule has 0 amide bonds. The van der Waals surface area contributed by atoms with Crippen LogP contribution in [0.1, 0.15) is 36.5 Å². The van der Waals surface area contributed by atoms with Crippen LogP contribution in [0.3, 0.4) is 0 Å². The summed E-state index contributed by atoms with van der Waals surface area (Å²) in [6.45, 7) is 4.04. The highest BCUT2D eigenvalue weighted by atomic mass is 32.2. The van der Waals surface area contributed by atoms with Crippen LogP contribution in [0.2, 0.25) is 0 Å². The Kier molecular flexibility index (Phi) is 9.16. The fraction of sp³-hybridized carbons (Fsp3) is 0.106. The summed E-state index contributed by atoms with van der Waals surface area (Å²) < 4.78 is 84.2. The number of alkyl halides is 6. The van der Waals surface area contributed by atoms with Crippen LogP contribution in [0.15, 0.2) is 171 Å². The summed E-state index contributed by atoms with van der Waals surface area (Å²) in [5.74, 6) is -0.257. The van der Waals surface area contributed by atoms with Crippen molar-refractivity contribution in [2.75, 3.05) is 9.80 Å². The number of hydrogen-bond acceptors (Lipinski definition) is 4. The number of halogens is 6. The minimum absolute atomic E-state index is 0.257. The summed E-state index contributed by atoms with van der Waals surface area (Å²) in [4.78, 5) is 8.35. The van der Waals surface area contributed by atoms with Crippen LogP contribution < -0.4 is 9.80 Å². The Balaban J connectivity index is 1.46. The number of rotatable bonds is 5. The molecule has 0 N–H and O–H groups in total. The van der Waals surface area contributed by atoms with Crippen LogP contribution in [0.25, 0.3) is 22.3 Å². The molecule has 57 heavy (non-hydrogen) atoms. The van der Waals surface area contributed by atoms with E-state index in [0.29, 0.717) is 22.3 Å². The number of fused-ring (bicyclic) bond motifs is 4. The zero-order valence-corrected chi connectivity index (χ0v) is 32.1. The first-order valence-electron chi connectivity index (χ1n) is 18.3. The van der Waals surface area contributed by atoms with E-state index in [0.717, 1.165) is 83.5 Å². The van der Waals surface area contributed by atoms with Crippen molar-refractivity contribution in [2.45, 2.75) is 51.7 Å². The summed E-state index contributed by atoms with van der Waals surface area (Å²) in [5, 5.41) is 0. The fourth-order valence-electron chi connectivity index (χ4n) is 7.79. The molecule has 0 spiro atoms. The topological polar surface area (TPSA) is 6.48 Å². The number of anilines is 6. The third kappa shape index (κ3) is 6.54. The normalized spacial score (nSPS) is 13.6. The Morgan fingerprint density at radius 3 is 0.982 bits per heavy atom. The molecule has 7 aromatic rings. The molecule has 0 aromatic heterocycles. The molecular weight excluding hydrogens is 771 g/mol. The molecule has 284 valence electrons. The van der Waals surface area contributed by atoms with Gasteiger partial charge in [-0.3, -0.25) is 0 Å². The van der Waals surface area contributed by atoms with E-state index >= 15 is 0 Å². The molecule has 0 fully saturated rings. The van der Waals surface area contributed by atoms with Gasteiger partial charge in [-0.05, 0) is 101 Å². The summed E-state index contributed by atoms with van der Waals surface area (Å²) in [6, 6.07) is 44.6. The maximum absolute atomic E-state index is 14.0. The average molecular weight is 803 g/mol. The molecule has 7 aromatic carbocycles. The van der Waals surface area contributed by atoms with Crippen molar-refractivity contribution in [1.82, 2.24) is 0 Å². The highest BCUT2D eigenvalue weighted by molar-refractivity contribution is 8.00. The van der Waals surface area contributed by atoms with Gasteiger partial charge >= 0.3 is 12.4 Å². The molecule has 2 nitrogen and oxygen atoms in total. The zero-order valence-electron chi connectivity index (χ0n) is 30.5. The van der Waals surface area contributed by atoms with E-state index in [9.17, 15) is 26.3 Å². The molecule has 10 heteroatoms. The summed E-state index contributed by atoms with van der Waals surface area (Å²) in [7, 11) is 0. The van der Waals surface area contributed by atoms with Crippen LogP contribution in [0, 0.1) is 0 Å². The van der Waals surface area contributed by atoms with E-state index in [4.69, 9.17) is 0 Å². The third-order valence-corrected chi connectivity index (χ3v) is 12.5. The van der Waals surface area contributed by atoms with Crippen LogP contribution in [0.4, 0.5) is 60.5 Å². The van der Waals surface area contributed by atoms with Gasteiger partial charge in [-0.2, -0.15) is 26.3 Å². The summed E-state index contributed by atoms with van der Waals surface area (Å²) in [5.41, 5.74) is 6.71. The van der Waals surface area contributed by atoms with Crippen molar-refractivity contribution in [3.8, 4) is 22.3 Å². The van der Waals surface area contributed by atoms with Gasteiger partial charge in [0.15, 0.2) is 0 Å². The summed E-state index contributed by atoms with van der Waals surface area (Å²) >= 11 is 3.29. The van der Waals surface area contributed by atoms with Gasteiger partial charge in [0.05, 0.1) is 45.3 Å². The molecule has 0 saturated carbocycles. The average Bonchev–Trinajstić information content (AvgIpc) is 3.20. The SMILES string of the molecule is CC(C)c1c(-c2ccc(C(F)(F)F)cc2)c(N2c3ccccc3Sc3ccccc32)cc(N2c3ccccc3Sc3ccccc32)c1-c1ccc(C(F)(F)F)cc1. The smallest absolute Gasteiger partial charge is 0.308 e. The lowest BCUT2D eigenvalue weighted by Crippen LogP contribution is -2.20. The molecule has 0 saturated heterocycles. The molecule has 2 heterocycles. The van der Waals surface area contributed by atoms with Gasteiger partial charge in [0, 0.05) is 30.7 Å². The lowest BCUT2D eigenvalue weighted by molar-refractivity contribution is -0.138. The van der Waals surface area contributed by atoms with Gasteiger partial charge < -0.3 is 9.80 Å². The minimum atomic E-state index is -4.55. The molecule has 2 aliphatic rings. The van der Waals surface area contributed by atoms with E-state index < -0.39 is 23.5 Å². The Morgan fingerprint density at radius 1 is 0.404 bits per heavy atom. The molecular formula is C47H32F6N2S2. The quantitative estimate of drug-likeness (QED) is 0.160. The molecule has 0 atom stereocenters. The Hall–Kier alpha value is -5.58. The van der Waals surface area contributed by atoms with Crippen molar-refractivity contribution < 1.29 is 26.3 Å². The van der Waals surface area contributed by atoms with E-state index in [2.05, 4.69) is 40.1 Å². The van der Waals surface area contributed by atoms with Gasteiger partial charge in [-0.15, -0.1) is 0 Å². The van der Waals surface area contributed by atoms with Crippen molar-refractivity contribution in [3.63, 3.8) is 0 Å². The van der Waals surface area contributed by atoms with E-state index in [1.165, 1.54) is 24.3 Å². The second kappa shape index (κ2) is 14.1. The van der Waals surface area contributed by atoms with Crippen molar-refractivity contribution in [2.24, 2.45) is 0 Å². The monoisotopic (exact) mass is 802 g/mol. The van der Waals surface area contributed by atoms with E-state index in [1.807, 2.05) is 86.6 Å². The van der Waals surface area contributed by atoms with Gasteiger partial charge in [-0.1, -0.05) is 110 Å². The third-order valence-electron chi connectivity index (χ3n) is 10.2. The van der Waals surface area contributed by atoms with Gasteiger partial charge in [0.2, 0.25) is 0 Å². The first-order valence-corrected chi connectivity index (χ1v) is 19.9. The number of para-hydroxylation sites is 4. The van der Waals surface area contributed by atoms with Crippen molar-refractivity contribution >= 4 is 57.6 Å². The maximum Gasteiger partial charge on any atom is 0.416 e. The fourth-order valence-corrected chi connectivity index (χ4v) is 9.91. The first kappa shape index (κ1) is 37.0. The molecule has 0 bridgehead atoms. The zero-order chi connectivity index (χ0) is 39.6. The Morgan fingerprint density at radius 2 is 0.702 bits per heavy atom. The highest BCUT2D eigenvalue weighted by Gasteiger charge is 2.36. The number of hydrogen-bond donors (Lipinski definition) is 0. The minimum Gasteiger partial charge on any atom is -0.308 e. The molecule has 2 aliphatic heterocycles. The lowest BCUT2D eigenvalue weighted by atomic mass is 9.82. The van der Waals surface area contributed by atoms with Gasteiger partial charge in [0.1, 0.15) is 0 Å². The van der Waals surface area contributed by atoms with Crippen LogP contribution in [0.5, 0.6) is 0 Å². The van der Waals surface area contributed by atoms with Crippen molar-refractivity contribution in [1.29, 1.82) is 0 Å². The Labute approximate surface area is 334 Å². The van der Waals surface area contributed by atoms with E-state index in [1.54, 1.807) is 23.5 Å². The van der Waals surface area contributed by atoms with Crippen molar-refractivity contribution in [3.05, 3.63) is 168 Å². The summed E-state index contributed by atoms with van der Waals surface area (Å²) in [6.07, 6.45) is -9.10. The maximum atomic E-state index is 14.0. The van der Waals surface area contributed by atoms with Gasteiger partial charge in [-0.25, -0.2) is 0 Å². The highest BCUT2D eigenvalue weighted by Crippen LogP contribution is 2.60. The van der Waals surface area contributed by atoms with E-state index in [-0.39, 0.29) is 5.92 Å². The second-order valence-corrected chi connectivity index (χ2v) is 16.3. The molecule has 0 radical (unpaired) electrons. The number of benzene rings is 7. The first-order chi connectivity index (χ1) is 27.4. The van der Waals surface area contributed by atoms with Crippen LogP contribution in [-0.4, -0.2) is 0 Å². The molecule has 9 rings (SSSR count). The van der Waals surface area contributed by atoms with Crippen LogP contribution >= 0.6 is 23.5 Å². The molecule has 0 aliphatic carbocycles. The standard InChI is InChI=1S/C47H32F6N2S2/c1-28(2)43-44(29-19-23-31(24-20-29)46(48,49)50)37(54-33-11-3-7-15-39(33)56-40-16-8-4-12-34(40)54)27-38(45(43)30-21-25-32(26-22-30)47(51,52)53)55-35-13-5-9-17-41(35)57-42-18-10-6-14-36(42)55/h3-28H,1-2H3. The lowest BCUT2D eigenvalue weighted by Gasteiger charge is -2.39. The number of nitrogens with zero attached hydrogens (tertiary/aromatic N) is 2. The van der Waals surface area contributed by atoms with Gasteiger partial charge in [0.25, 0.3) is 0 Å². The second-order valence-electron chi connectivity index (χ2n) is 14.1. The molecule has 0 unspecified atom stereocenters. The predicted octanol–water partition coefficient (Wildman–Crippen LogP) is 16.1. The Bertz CT molecular complexity index is 2380. The van der Waals surface area contributed by atoms with Crippen LogP contribution in [-0.2, 0) is 12.4 Å². The predicted molar refractivity (Wildman–Crippen MR) is 219 cm³/mol.